The summed E-state index contributed by atoms with van der Waals surface area (Å²) in [5, 5.41) is 3.86. The number of fused-ring (bicyclic) bond motifs is 6. The first-order valence-corrected chi connectivity index (χ1v) is 7.11. The summed E-state index contributed by atoms with van der Waals surface area (Å²) < 4.78 is 0. The SMILES string of the molecule is Cc1ccc2c(c1)CC1(C)NC(C2)c2ccccc21. The molecule has 0 radical (unpaired) electrons. The van der Waals surface area contributed by atoms with Crippen LogP contribution in [0.15, 0.2) is 42.5 Å². The predicted molar refractivity (Wildman–Crippen MR) is 78.3 cm³/mol. The Hall–Kier alpha value is -1.60. The Labute approximate surface area is 114 Å². The maximum atomic E-state index is 3.86. The van der Waals surface area contributed by atoms with Crippen molar-refractivity contribution in [3.63, 3.8) is 0 Å². The Morgan fingerprint density at radius 3 is 2.84 bits per heavy atom. The summed E-state index contributed by atoms with van der Waals surface area (Å²) in [7, 11) is 0. The maximum absolute atomic E-state index is 3.86. The van der Waals surface area contributed by atoms with Crippen LogP contribution in [-0.4, -0.2) is 0 Å². The van der Waals surface area contributed by atoms with Crippen LogP contribution >= 0.6 is 0 Å². The van der Waals surface area contributed by atoms with Crippen molar-refractivity contribution >= 4 is 0 Å². The minimum atomic E-state index is 0.0975. The van der Waals surface area contributed by atoms with E-state index in [0.29, 0.717) is 6.04 Å². The molecule has 0 amide bonds. The summed E-state index contributed by atoms with van der Waals surface area (Å²) >= 11 is 0. The lowest BCUT2D eigenvalue weighted by Gasteiger charge is -2.26. The molecule has 2 atom stereocenters. The molecule has 1 N–H and O–H groups in total. The molecular weight excluding hydrogens is 230 g/mol. The minimum Gasteiger partial charge on any atom is -0.300 e. The summed E-state index contributed by atoms with van der Waals surface area (Å²) in [5.41, 5.74) is 7.49. The van der Waals surface area contributed by atoms with Crippen molar-refractivity contribution in [2.24, 2.45) is 0 Å². The smallest absolute Gasteiger partial charge is 0.0455 e. The van der Waals surface area contributed by atoms with Crippen LogP contribution in [0.3, 0.4) is 0 Å². The second-order valence-electron chi connectivity index (χ2n) is 6.27. The molecule has 2 heterocycles. The van der Waals surface area contributed by atoms with Gasteiger partial charge in [-0.1, -0.05) is 48.0 Å². The van der Waals surface area contributed by atoms with Crippen LogP contribution in [0.4, 0.5) is 0 Å². The third-order valence-electron chi connectivity index (χ3n) is 4.75. The van der Waals surface area contributed by atoms with Gasteiger partial charge >= 0.3 is 0 Å². The molecule has 0 aromatic heterocycles. The zero-order valence-electron chi connectivity index (χ0n) is 11.5. The van der Waals surface area contributed by atoms with Crippen LogP contribution in [0, 0.1) is 6.92 Å². The highest BCUT2D eigenvalue weighted by Gasteiger charge is 2.41. The van der Waals surface area contributed by atoms with Crippen LogP contribution in [0.2, 0.25) is 0 Å². The standard InChI is InChI=1S/C18H19N/c1-12-7-8-13-10-17-15-5-3-4-6-16(15)18(2,19-17)11-14(13)9-12/h3-9,17,19H,10-11H2,1-2H3. The van der Waals surface area contributed by atoms with Gasteiger partial charge in [-0.25, -0.2) is 0 Å². The maximum Gasteiger partial charge on any atom is 0.0455 e. The number of hydrogen-bond donors (Lipinski definition) is 1. The second kappa shape index (κ2) is 3.71. The molecule has 4 rings (SSSR count). The van der Waals surface area contributed by atoms with E-state index in [2.05, 4.69) is 61.6 Å². The topological polar surface area (TPSA) is 12.0 Å². The monoisotopic (exact) mass is 249 g/mol. The molecule has 2 aromatic carbocycles. The van der Waals surface area contributed by atoms with Crippen molar-refractivity contribution in [2.75, 3.05) is 0 Å². The van der Waals surface area contributed by atoms with E-state index in [1.807, 2.05) is 0 Å². The number of rotatable bonds is 0. The predicted octanol–water partition coefficient (Wildman–Crippen LogP) is 3.65. The second-order valence-corrected chi connectivity index (χ2v) is 6.27. The molecule has 1 heteroatoms. The van der Waals surface area contributed by atoms with Gasteiger partial charge in [0.25, 0.3) is 0 Å². The molecule has 0 saturated carbocycles. The molecule has 19 heavy (non-hydrogen) atoms. The van der Waals surface area contributed by atoms with Crippen molar-refractivity contribution in [1.29, 1.82) is 0 Å². The zero-order chi connectivity index (χ0) is 13.0. The van der Waals surface area contributed by atoms with E-state index in [1.54, 1.807) is 0 Å². The van der Waals surface area contributed by atoms with Gasteiger partial charge in [0.1, 0.15) is 0 Å². The van der Waals surface area contributed by atoms with E-state index in [-0.39, 0.29) is 5.54 Å². The van der Waals surface area contributed by atoms with Crippen LogP contribution in [0.25, 0.3) is 0 Å². The molecule has 2 aliphatic heterocycles. The van der Waals surface area contributed by atoms with Crippen molar-refractivity contribution < 1.29 is 0 Å². The van der Waals surface area contributed by atoms with Crippen LogP contribution in [-0.2, 0) is 18.4 Å². The van der Waals surface area contributed by atoms with Crippen LogP contribution < -0.4 is 5.32 Å². The molecule has 0 saturated heterocycles. The number of nitrogens with one attached hydrogen (secondary N) is 1. The molecule has 0 fully saturated rings. The first-order valence-electron chi connectivity index (χ1n) is 7.11. The molecule has 2 unspecified atom stereocenters. The van der Waals surface area contributed by atoms with Crippen molar-refractivity contribution in [1.82, 2.24) is 5.32 Å². The molecular formula is C18H19N. The first-order chi connectivity index (χ1) is 9.16. The minimum absolute atomic E-state index is 0.0975. The lowest BCUT2D eigenvalue weighted by Crippen LogP contribution is -2.36. The fraction of sp³-hybridized carbons (Fsp3) is 0.333. The highest BCUT2D eigenvalue weighted by Crippen LogP contribution is 2.44. The molecule has 1 nitrogen and oxygen atoms in total. The Bertz CT molecular complexity index is 658. The molecule has 96 valence electrons. The van der Waals surface area contributed by atoms with Gasteiger partial charge in [0.2, 0.25) is 0 Å². The van der Waals surface area contributed by atoms with Crippen molar-refractivity contribution in [3.05, 3.63) is 70.3 Å². The van der Waals surface area contributed by atoms with E-state index in [4.69, 9.17) is 0 Å². The van der Waals surface area contributed by atoms with Crippen molar-refractivity contribution in [3.8, 4) is 0 Å². The summed E-state index contributed by atoms with van der Waals surface area (Å²) in [4.78, 5) is 0. The summed E-state index contributed by atoms with van der Waals surface area (Å²) in [6, 6.07) is 16.3. The van der Waals surface area contributed by atoms with Gasteiger partial charge in [0.05, 0.1) is 0 Å². The summed E-state index contributed by atoms with van der Waals surface area (Å²) in [5.74, 6) is 0. The number of hydrogen-bond acceptors (Lipinski definition) is 1. The van der Waals surface area contributed by atoms with Gasteiger partial charge in [0.15, 0.2) is 0 Å². The first kappa shape index (κ1) is 11.2. The Morgan fingerprint density at radius 1 is 1.11 bits per heavy atom. The van der Waals surface area contributed by atoms with E-state index >= 15 is 0 Å². The highest BCUT2D eigenvalue weighted by atomic mass is 15.0. The Balaban J connectivity index is 1.90. The number of benzene rings is 2. The molecule has 0 spiro atoms. The third kappa shape index (κ3) is 1.58. The summed E-state index contributed by atoms with van der Waals surface area (Å²) in [6.07, 6.45) is 2.21. The van der Waals surface area contributed by atoms with E-state index in [0.717, 1.165) is 12.8 Å². The zero-order valence-corrected chi connectivity index (χ0v) is 11.5. The molecule has 0 aliphatic carbocycles. The third-order valence-corrected chi connectivity index (χ3v) is 4.75. The number of aryl methyl sites for hydroxylation is 1. The van der Waals surface area contributed by atoms with Gasteiger partial charge < -0.3 is 5.32 Å². The largest absolute Gasteiger partial charge is 0.300 e. The van der Waals surface area contributed by atoms with Crippen LogP contribution in [0.1, 0.15) is 40.8 Å². The van der Waals surface area contributed by atoms with Gasteiger partial charge in [-0.3, -0.25) is 0 Å². The van der Waals surface area contributed by atoms with E-state index in [9.17, 15) is 0 Å². The Morgan fingerprint density at radius 2 is 1.95 bits per heavy atom. The summed E-state index contributed by atoms with van der Waals surface area (Å²) in [6.45, 7) is 4.54. The molecule has 2 bridgehead atoms. The normalized spacial score (nSPS) is 27.6. The Kier molecular flexibility index (Phi) is 2.19. The molecule has 2 aromatic rings. The average Bonchev–Trinajstić information content (AvgIpc) is 2.57. The van der Waals surface area contributed by atoms with Gasteiger partial charge in [-0.05, 0) is 48.9 Å². The van der Waals surface area contributed by atoms with E-state index in [1.165, 1.54) is 27.8 Å². The lowest BCUT2D eigenvalue weighted by molar-refractivity contribution is 0.368. The van der Waals surface area contributed by atoms with E-state index < -0.39 is 0 Å². The van der Waals surface area contributed by atoms with Crippen LogP contribution in [0.5, 0.6) is 0 Å². The lowest BCUT2D eigenvalue weighted by atomic mass is 9.82. The average molecular weight is 249 g/mol. The molecule has 2 aliphatic rings. The fourth-order valence-electron chi connectivity index (χ4n) is 3.87. The fourth-order valence-corrected chi connectivity index (χ4v) is 3.87. The van der Waals surface area contributed by atoms with Crippen molar-refractivity contribution in [2.45, 2.75) is 38.3 Å². The quantitative estimate of drug-likeness (QED) is 0.751. The highest BCUT2D eigenvalue weighted by molar-refractivity contribution is 5.47. The van der Waals surface area contributed by atoms with Gasteiger partial charge in [0, 0.05) is 11.6 Å². The van der Waals surface area contributed by atoms with Gasteiger partial charge in [-0.2, -0.15) is 0 Å². The van der Waals surface area contributed by atoms with Gasteiger partial charge in [-0.15, -0.1) is 0 Å².